The molecule has 0 amide bonds. The van der Waals surface area contributed by atoms with Crippen molar-refractivity contribution in [3.63, 3.8) is 0 Å². The minimum atomic E-state index is -3.58. The van der Waals surface area contributed by atoms with Gasteiger partial charge in [-0.2, -0.15) is 0 Å². The number of nitrogens with two attached hydrogens (primary N) is 1. The molecule has 0 bridgehead atoms. The molecular weight excluding hydrogens is 283 g/mol. The summed E-state index contributed by atoms with van der Waals surface area (Å²) >= 11 is 0. The molecule has 0 atom stereocenters. The maximum Gasteiger partial charge on any atom is 0.182 e. The number of hydrogen-bond donors (Lipinski definition) is 2. The lowest BCUT2D eigenvalue weighted by Crippen LogP contribution is -2.07. The van der Waals surface area contributed by atoms with Crippen LogP contribution in [-0.2, 0) is 9.84 Å². The Morgan fingerprint density at radius 2 is 2.05 bits per heavy atom. The predicted octanol–water partition coefficient (Wildman–Crippen LogP) is 1.43. The fourth-order valence-corrected chi connectivity index (χ4v) is 2.80. The Kier molecular flexibility index (Phi) is 3.67. The van der Waals surface area contributed by atoms with Crippen LogP contribution < -0.4 is 11.1 Å². The Morgan fingerprint density at radius 3 is 2.60 bits per heavy atom. The molecule has 108 valence electrons. The van der Waals surface area contributed by atoms with Crippen LogP contribution in [0.1, 0.15) is 6.92 Å². The second-order valence-corrected chi connectivity index (χ2v) is 6.18. The van der Waals surface area contributed by atoms with E-state index >= 15 is 0 Å². The number of anilines is 2. The smallest absolute Gasteiger partial charge is 0.182 e. The fourth-order valence-electron chi connectivity index (χ4n) is 1.87. The predicted molar refractivity (Wildman–Crippen MR) is 75.2 cm³/mol. The molecule has 1 aromatic heterocycles. The Morgan fingerprint density at radius 1 is 1.40 bits per heavy atom. The van der Waals surface area contributed by atoms with Crippen LogP contribution in [0.4, 0.5) is 16.0 Å². The van der Waals surface area contributed by atoms with Gasteiger partial charge in [-0.05, 0) is 19.1 Å². The summed E-state index contributed by atoms with van der Waals surface area (Å²) in [7, 11) is -3.58. The zero-order valence-electron chi connectivity index (χ0n) is 11.1. The second-order valence-electron chi connectivity index (χ2n) is 4.23. The van der Waals surface area contributed by atoms with E-state index < -0.39 is 15.7 Å². The van der Waals surface area contributed by atoms with Gasteiger partial charge in [-0.1, -0.05) is 12.1 Å². The third-order valence-corrected chi connectivity index (χ3v) is 3.82. The van der Waals surface area contributed by atoms with Gasteiger partial charge >= 0.3 is 0 Å². The zero-order chi connectivity index (χ0) is 14.9. The normalized spacial score (nSPS) is 11.6. The molecular formula is C12H15FN4O2S. The third kappa shape index (κ3) is 2.46. The third-order valence-electron chi connectivity index (χ3n) is 2.67. The molecule has 0 saturated carbocycles. The molecule has 0 aliphatic rings. The van der Waals surface area contributed by atoms with Gasteiger partial charge in [0.25, 0.3) is 0 Å². The summed E-state index contributed by atoms with van der Waals surface area (Å²) in [5.74, 6) is -0.533. The summed E-state index contributed by atoms with van der Waals surface area (Å²) in [6.45, 7) is 2.26. The van der Waals surface area contributed by atoms with Crippen LogP contribution in [0.25, 0.3) is 5.69 Å². The van der Waals surface area contributed by atoms with Crippen LogP contribution in [0, 0.1) is 5.82 Å². The number of rotatable bonds is 4. The summed E-state index contributed by atoms with van der Waals surface area (Å²) in [5, 5.41) is 6.88. The van der Waals surface area contributed by atoms with Gasteiger partial charge in [0.2, 0.25) is 0 Å². The maximum atomic E-state index is 13.8. The first kappa shape index (κ1) is 14.3. The highest BCUT2D eigenvalue weighted by molar-refractivity contribution is 7.91. The number of benzene rings is 1. The molecule has 0 fully saturated rings. The lowest BCUT2D eigenvalue weighted by molar-refractivity contribution is 0.602. The average molecular weight is 298 g/mol. The van der Waals surface area contributed by atoms with E-state index in [9.17, 15) is 12.8 Å². The lowest BCUT2D eigenvalue weighted by Gasteiger charge is -2.05. The number of aromatic nitrogens is 2. The standard InChI is InChI=1S/C12H15FN4O2S/c1-3-15-12-10(20(2,18)19)11(14)17(16-12)9-7-5-4-6-8(9)13/h4-7H,3,14H2,1-2H3,(H,15,16). The minimum absolute atomic E-state index is 0.0963. The van der Waals surface area contributed by atoms with Crippen LogP contribution in [0.2, 0.25) is 0 Å². The molecule has 0 aliphatic heterocycles. The highest BCUT2D eigenvalue weighted by atomic mass is 32.2. The number of hydrogen-bond acceptors (Lipinski definition) is 5. The summed E-state index contributed by atoms with van der Waals surface area (Å²) in [6, 6.07) is 5.87. The monoisotopic (exact) mass is 298 g/mol. The van der Waals surface area contributed by atoms with Crippen LogP contribution >= 0.6 is 0 Å². The van der Waals surface area contributed by atoms with E-state index in [4.69, 9.17) is 5.73 Å². The largest absolute Gasteiger partial charge is 0.382 e. The van der Waals surface area contributed by atoms with Crippen molar-refractivity contribution in [3.8, 4) is 5.69 Å². The number of halogens is 1. The van der Waals surface area contributed by atoms with Crippen LogP contribution in [0.5, 0.6) is 0 Å². The van der Waals surface area contributed by atoms with Crippen LogP contribution in [0.3, 0.4) is 0 Å². The van der Waals surface area contributed by atoms with Gasteiger partial charge in [0.15, 0.2) is 20.6 Å². The van der Waals surface area contributed by atoms with Crippen molar-refractivity contribution in [1.29, 1.82) is 0 Å². The van der Waals surface area contributed by atoms with Gasteiger partial charge in [-0.25, -0.2) is 17.5 Å². The number of sulfone groups is 1. The van der Waals surface area contributed by atoms with Crippen LogP contribution in [0.15, 0.2) is 29.2 Å². The van der Waals surface area contributed by atoms with Crippen LogP contribution in [-0.4, -0.2) is 31.0 Å². The summed E-state index contributed by atoms with van der Waals surface area (Å²) in [4.78, 5) is -0.123. The van der Waals surface area contributed by atoms with Gasteiger partial charge in [0, 0.05) is 12.8 Å². The van der Waals surface area contributed by atoms with Gasteiger partial charge in [-0.3, -0.25) is 0 Å². The number of nitrogen functional groups attached to an aromatic ring is 1. The number of para-hydroxylation sites is 1. The first-order valence-corrected chi connectivity index (χ1v) is 7.82. The van der Waals surface area contributed by atoms with E-state index in [0.717, 1.165) is 10.9 Å². The van der Waals surface area contributed by atoms with E-state index in [2.05, 4.69) is 10.4 Å². The molecule has 0 spiro atoms. The quantitative estimate of drug-likeness (QED) is 0.891. The molecule has 1 heterocycles. The van der Waals surface area contributed by atoms with Gasteiger partial charge in [-0.15, -0.1) is 5.10 Å². The van der Waals surface area contributed by atoms with Crippen molar-refractivity contribution < 1.29 is 12.8 Å². The Balaban J connectivity index is 2.72. The van der Waals surface area contributed by atoms with Crippen molar-refractivity contribution in [1.82, 2.24) is 9.78 Å². The molecule has 0 aliphatic carbocycles. The molecule has 0 saturated heterocycles. The van der Waals surface area contributed by atoms with Gasteiger partial charge < -0.3 is 11.1 Å². The maximum absolute atomic E-state index is 13.8. The van der Waals surface area contributed by atoms with Crippen molar-refractivity contribution in [2.45, 2.75) is 11.8 Å². The molecule has 0 radical (unpaired) electrons. The summed E-state index contributed by atoms with van der Waals surface area (Å²) in [5.41, 5.74) is 5.93. The van der Waals surface area contributed by atoms with Gasteiger partial charge in [0.05, 0.1) is 0 Å². The fraction of sp³-hybridized carbons (Fsp3) is 0.250. The van der Waals surface area contributed by atoms with E-state index in [1.54, 1.807) is 13.0 Å². The highest BCUT2D eigenvalue weighted by Crippen LogP contribution is 2.30. The Bertz CT molecular complexity index is 740. The van der Waals surface area contributed by atoms with Crippen molar-refractivity contribution >= 4 is 21.5 Å². The minimum Gasteiger partial charge on any atom is -0.382 e. The summed E-state index contributed by atoms with van der Waals surface area (Å²) < 4.78 is 38.5. The Labute approximate surface area is 116 Å². The number of nitrogens with one attached hydrogen (secondary N) is 1. The topological polar surface area (TPSA) is 90.0 Å². The number of nitrogens with zero attached hydrogens (tertiary/aromatic N) is 2. The molecule has 2 aromatic rings. The first-order chi connectivity index (χ1) is 9.36. The molecule has 8 heteroatoms. The molecule has 1 aromatic carbocycles. The zero-order valence-corrected chi connectivity index (χ0v) is 11.9. The molecule has 0 unspecified atom stereocenters. The molecule has 6 nitrogen and oxygen atoms in total. The van der Waals surface area contributed by atoms with Crippen molar-refractivity contribution in [2.75, 3.05) is 23.9 Å². The van der Waals surface area contributed by atoms with Gasteiger partial charge in [0.1, 0.15) is 17.3 Å². The highest BCUT2D eigenvalue weighted by Gasteiger charge is 2.25. The van der Waals surface area contributed by atoms with Crippen molar-refractivity contribution in [2.24, 2.45) is 0 Å². The van der Waals surface area contributed by atoms with Crippen molar-refractivity contribution in [3.05, 3.63) is 30.1 Å². The van der Waals surface area contributed by atoms with E-state index in [0.29, 0.717) is 6.54 Å². The second kappa shape index (κ2) is 5.12. The molecule has 3 N–H and O–H groups in total. The summed E-state index contributed by atoms with van der Waals surface area (Å²) in [6.07, 6.45) is 1.03. The molecule has 20 heavy (non-hydrogen) atoms. The SMILES string of the molecule is CCNc1nn(-c2ccccc2F)c(N)c1S(C)(=O)=O. The lowest BCUT2D eigenvalue weighted by atomic mass is 10.3. The first-order valence-electron chi connectivity index (χ1n) is 5.93. The Hall–Kier alpha value is -2.09. The van der Waals surface area contributed by atoms with E-state index in [-0.39, 0.29) is 22.2 Å². The van der Waals surface area contributed by atoms with E-state index in [1.807, 2.05) is 0 Å². The molecule has 2 rings (SSSR count). The average Bonchev–Trinajstić information content (AvgIpc) is 2.67. The van der Waals surface area contributed by atoms with E-state index in [1.165, 1.54) is 18.2 Å².